The predicted octanol–water partition coefficient (Wildman–Crippen LogP) is 8.22. The molecule has 0 bridgehead atoms. The molecule has 0 spiro atoms. The number of ether oxygens (including phenoxy) is 1. The lowest BCUT2D eigenvalue weighted by Crippen LogP contribution is -2.25. The largest absolute Gasteiger partial charge is 0.376 e. The summed E-state index contributed by atoms with van der Waals surface area (Å²) in [6.45, 7) is 7.37. The summed E-state index contributed by atoms with van der Waals surface area (Å²) in [5.41, 5.74) is 2.84. The number of allylic oxidation sites excluding steroid dienone is 2. The Balaban J connectivity index is 1.37. The van der Waals surface area contributed by atoms with Crippen molar-refractivity contribution in [3.8, 4) is 0 Å². The van der Waals surface area contributed by atoms with Gasteiger partial charge in [-0.15, -0.1) is 6.58 Å². The summed E-state index contributed by atoms with van der Waals surface area (Å²) in [5.74, 6) is 3.79. The van der Waals surface area contributed by atoms with Crippen LogP contribution in [0, 0.1) is 17.8 Å². The molecule has 0 aromatic heterocycles. The zero-order valence-corrected chi connectivity index (χ0v) is 18.7. The molecule has 0 aliphatic heterocycles. The van der Waals surface area contributed by atoms with Crippen LogP contribution in [-0.4, -0.2) is 6.61 Å². The summed E-state index contributed by atoms with van der Waals surface area (Å²) in [6, 6.07) is 9.24. The highest BCUT2D eigenvalue weighted by Gasteiger charge is 2.31. The Hall–Kier alpha value is -1.34. The van der Waals surface area contributed by atoms with Gasteiger partial charge in [-0.2, -0.15) is 0 Å². The van der Waals surface area contributed by atoms with Crippen LogP contribution in [0.25, 0.3) is 0 Å². The fourth-order valence-corrected chi connectivity index (χ4v) is 5.61. The lowest BCUT2D eigenvalue weighted by atomic mass is 9.68. The van der Waals surface area contributed by atoms with Crippen molar-refractivity contribution in [1.29, 1.82) is 0 Å². The Labute approximate surface area is 179 Å². The maximum absolute atomic E-state index is 5.69. The van der Waals surface area contributed by atoms with E-state index < -0.39 is 0 Å². The molecule has 1 nitrogen and oxygen atoms in total. The maximum Gasteiger partial charge on any atom is 0.0717 e. The summed E-state index contributed by atoms with van der Waals surface area (Å²) in [6.07, 6.45) is 21.7. The van der Waals surface area contributed by atoms with Gasteiger partial charge in [0.15, 0.2) is 0 Å². The smallest absolute Gasteiger partial charge is 0.0717 e. The minimum Gasteiger partial charge on any atom is -0.376 e. The zero-order valence-electron chi connectivity index (χ0n) is 18.7. The molecule has 1 heteroatoms. The van der Waals surface area contributed by atoms with E-state index in [0.29, 0.717) is 0 Å². The highest BCUT2D eigenvalue weighted by atomic mass is 16.5. The van der Waals surface area contributed by atoms with Crippen LogP contribution < -0.4 is 0 Å². The standard InChI is InChI=1S/C28H42O/c1-3-5-7-8-23-9-13-25(14-10-23)27-17-19-28(20-18-27)26-15-11-24(12-16-26)22-29-21-6-4-2/h3-5,11-12,15-16,23,25,27-28H,2,6-10,13-14,17-22H2,1H3/b5-3+. The van der Waals surface area contributed by atoms with Crippen molar-refractivity contribution >= 4 is 0 Å². The maximum atomic E-state index is 5.69. The second kappa shape index (κ2) is 12.4. The molecular formula is C28H42O. The van der Waals surface area contributed by atoms with E-state index in [0.717, 1.165) is 43.3 Å². The molecule has 1 aromatic carbocycles. The Bertz CT molecular complexity index is 598. The monoisotopic (exact) mass is 394 g/mol. The van der Waals surface area contributed by atoms with Crippen LogP contribution in [0.3, 0.4) is 0 Å². The van der Waals surface area contributed by atoms with E-state index >= 15 is 0 Å². The quantitative estimate of drug-likeness (QED) is 0.287. The van der Waals surface area contributed by atoms with Crippen LogP contribution in [-0.2, 0) is 11.3 Å². The number of rotatable bonds is 10. The van der Waals surface area contributed by atoms with Crippen molar-refractivity contribution in [1.82, 2.24) is 0 Å². The average molecular weight is 395 g/mol. The summed E-state index contributed by atoms with van der Waals surface area (Å²) >= 11 is 0. The number of benzene rings is 1. The molecule has 1 aromatic rings. The van der Waals surface area contributed by atoms with Crippen molar-refractivity contribution in [3.05, 3.63) is 60.2 Å². The van der Waals surface area contributed by atoms with Crippen molar-refractivity contribution in [3.63, 3.8) is 0 Å². The first-order valence-corrected chi connectivity index (χ1v) is 12.2. The lowest BCUT2D eigenvalue weighted by Gasteiger charge is -2.38. The minimum absolute atomic E-state index is 0.721. The summed E-state index contributed by atoms with van der Waals surface area (Å²) in [5, 5.41) is 0. The van der Waals surface area contributed by atoms with Crippen LogP contribution in [0.4, 0.5) is 0 Å². The molecule has 0 N–H and O–H groups in total. The van der Waals surface area contributed by atoms with Crippen molar-refractivity contribution in [2.75, 3.05) is 6.61 Å². The van der Waals surface area contributed by atoms with E-state index in [-0.39, 0.29) is 0 Å². The van der Waals surface area contributed by atoms with Gasteiger partial charge in [-0.25, -0.2) is 0 Å². The van der Waals surface area contributed by atoms with Gasteiger partial charge in [0, 0.05) is 0 Å². The third-order valence-electron chi connectivity index (χ3n) is 7.49. The molecule has 3 rings (SSSR count). The van der Waals surface area contributed by atoms with Gasteiger partial charge >= 0.3 is 0 Å². The Morgan fingerprint density at radius 2 is 1.55 bits per heavy atom. The van der Waals surface area contributed by atoms with E-state index in [2.05, 4.69) is 49.9 Å². The van der Waals surface area contributed by atoms with E-state index in [4.69, 9.17) is 4.74 Å². The minimum atomic E-state index is 0.721. The first-order valence-electron chi connectivity index (χ1n) is 12.2. The van der Waals surface area contributed by atoms with Crippen molar-refractivity contribution < 1.29 is 4.74 Å². The van der Waals surface area contributed by atoms with Gasteiger partial charge in [0.2, 0.25) is 0 Å². The first-order chi connectivity index (χ1) is 14.3. The van der Waals surface area contributed by atoms with Gasteiger partial charge in [0.1, 0.15) is 0 Å². The van der Waals surface area contributed by atoms with Crippen molar-refractivity contribution in [2.45, 2.75) is 90.1 Å². The molecule has 0 unspecified atom stereocenters. The summed E-state index contributed by atoms with van der Waals surface area (Å²) in [7, 11) is 0. The third-order valence-corrected chi connectivity index (χ3v) is 7.49. The van der Waals surface area contributed by atoms with E-state index in [1.807, 2.05) is 6.08 Å². The van der Waals surface area contributed by atoms with Crippen LogP contribution in [0.15, 0.2) is 49.1 Å². The van der Waals surface area contributed by atoms with Gasteiger partial charge < -0.3 is 4.74 Å². The highest BCUT2D eigenvalue weighted by molar-refractivity contribution is 5.25. The molecule has 160 valence electrons. The van der Waals surface area contributed by atoms with Crippen LogP contribution in [0.2, 0.25) is 0 Å². The molecule has 0 saturated heterocycles. The Kier molecular flexibility index (Phi) is 9.54. The van der Waals surface area contributed by atoms with Gasteiger partial charge in [-0.1, -0.05) is 55.3 Å². The third kappa shape index (κ3) is 7.14. The fraction of sp³-hybridized carbons (Fsp3) is 0.643. The average Bonchev–Trinajstić information content (AvgIpc) is 2.78. The fourth-order valence-electron chi connectivity index (χ4n) is 5.61. The normalized spacial score (nSPS) is 27.9. The second-order valence-corrected chi connectivity index (χ2v) is 9.41. The topological polar surface area (TPSA) is 9.23 Å². The Morgan fingerprint density at radius 1 is 0.897 bits per heavy atom. The number of hydrogen-bond acceptors (Lipinski definition) is 1. The summed E-state index contributed by atoms with van der Waals surface area (Å²) < 4.78 is 5.69. The van der Waals surface area contributed by atoms with Gasteiger partial charge in [0.25, 0.3) is 0 Å². The number of hydrogen-bond donors (Lipinski definition) is 0. The molecule has 0 amide bonds. The molecule has 2 aliphatic carbocycles. The van der Waals surface area contributed by atoms with E-state index in [9.17, 15) is 0 Å². The molecule has 0 atom stereocenters. The molecule has 2 saturated carbocycles. The van der Waals surface area contributed by atoms with Crippen LogP contribution >= 0.6 is 0 Å². The second-order valence-electron chi connectivity index (χ2n) is 9.41. The van der Waals surface area contributed by atoms with Gasteiger partial charge in [-0.3, -0.25) is 0 Å². The highest BCUT2D eigenvalue weighted by Crippen LogP contribution is 2.44. The molecule has 0 heterocycles. The predicted molar refractivity (Wildman–Crippen MR) is 125 cm³/mol. The van der Waals surface area contributed by atoms with E-state index in [1.165, 1.54) is 69.8 Å². The zero-order chi connectivity index (χ0) is 20.3. The van der Waals surface area contributed by atoms with E-state index in [1.54, 1.807) is 5.56 Å². The molecule has 0 radical (unpaired) electrons. The van der Waals surface area contributed by atoms with Crippen LogP contribution in [0.1, 0.15) is 94.6 Å². The van der Waals surface area contributed by atoms with Crippen molar-refractivity contribution in [2.24, 2.45) is 17.8 Å². The molecule has 2 fully saturated rings. The lowest BCUT2D eigenvalue weighted by molar-refractivity contribution is 0.125. The Morgan fingerprint density at radius 3 is 2.17 bits per heavy atom. The molecular weight excluding hydrogens is 352 g/mol. The molecule has 2 aliphatic rings. The van der Waals surface area contributed by atoms with Crippen LogP contribution in [0.5, 0.6) is 0 Å². The first kappa shape index (κ1) is 22.3. The SMILES string of the molecule is C=CCCOCc1ccc(C2CCC(C3CCC(CC/C=C/C)CC3)CC2)cc1. The summed E-state index contributed by atoms with van der Waals surface area (Å²) in [4.78, 5) is 0. The van der Waals surface area contributed by atoms with Gasteiger partial charge in [-0.05, 0) is 99.5 Å². The van der Waals surface area contributed by atoms with Gasteiger partial charge in [0.05, 0.1) is 13.2 Å². The molecule has 29 heavy (non-hydrogen) atoms.